The first-order valence-electron chi connectivity index (χ1n) is 11.0. The first-order valence-corrected chi connectivity index (χ1v) is 11.0. The highest BCUT2D eigenvalue weighted by Crippen LogP contribution is 2.46. The van der Waals surface area contributed by atoms with Crippen molar-refractivity contribution in [2.75, 3.05) is 0 Å². The molecule has 0 bridgehead atoms. The van der Waals surface area contributed by atoms with Gasteiger partial charge in [0.1, 0.15) is 0 Å². The number of aromatic nitrogens is 1. The zero-order valence-corrected chi connectivity index (χ0v) is 17.0. The maximum atomic E-state index is 2.47. The molecule has 0 saturated heterocycles. The fourth-order valence-electron chi connectivity index (χ4n) is 6.03. The van der Waals surface area contributed by atoms with Gasteiger partial charge in [-0.2, -0.15) is 0 Å². The Hall–Kier alpha value is -3.84. The Morgan fingerprint density at radius 3 is 2.03 bits per heavy atom. The molecule has 4 aromatic carbocycles. The van der Waals surface area contributed by atoms with Crippen LogP contribution in [-0.4, -0.2) is 4.40 Å². The molecular weight excluding hydrogens is 374 g/mol. The van der Waals surface area contributed by atoms with E-state index >= 15 is 0 Å². The lowest BCUT2D eigenvalue weighted by Gasteiger charge is -2.12. The molecule has 2 aliphatic rings. The van der Waals surface area contributed by atoms with Crippen LogP contribution in [0.3, 0.4) is 0 Å². The van der Waals surface area contributed by atoms with Gasteiger partial charge in [-0.05, 0) is 105 Å². The monoisotopic (exact) mass is 393 g/mol. The van der Waals surface area contributed by atoms with Crippen LogP contribution in [0.15, 0.2) is 91.1 Å². The fourth-order valence-corrected chi connectivity index (χ4v) is 6.03. The second kappa shape index (κ2) is 5.44. The molecule has 0 fully saturated rings. The van der Waals surface area contributed by atoms with Crippen LogP contribution in [0.5, 0.6) is 0 Å². The van der Waals surface area contributed by atoms with Gasteiger partial charge in [-0.15, -0.1) is 0 Å². The van der Waals surface area contributed by atoms with Crippen LogP contribution in [-0.2, 0) is 12.8 Å². The molecule has 2 aromatic heterocycles. The molecule has 2 aliphatic carbocycles. The molecule has 0 aliphatic heterocycles. The normalized spacial score (nSPS) is 13.5. The van der Waals surface area contributed by atoms with Gasteiger partial charge in [0.15, 0.2) is 0 Å². The van der Waals surface area contributed by atoms with E-state index in [1.165, 1.54) is 71.7 Å². The van der Waals surface area contributed by atoms with E-state index in [4.69, 9.17) is 0 Å². The van der Waals surface area contributed by atoms with Crippen LogP contribution in [0.1, 0.15) is 22.3 Å². The SMILES string of the molecule is c1ccc2c(c1)Cc1cc3c(cc1-2)Cc1cc2c4ccccc4n4cccc4c2cc1-3. The lowest BCUT2D eigenvalue weighted by molar-refractivity contribution is 1.24. The summed E-state index contributed by atoms with van der Waals surface area (Å²) in [6.07, 6.45) is 4.26. The Balaban J connectivity index is 1.43. The van der Waals surface area contributed by atoms with Crippen molar-refractivity contribution in [1.82, 2.24) is 4.40 Å². The van der Waals surface area contributed by atoms with Crippen molar-refractivity contribution < 1.29 is 0 Å². The van der Waals surface area contributed by atoms with Gasteiger partial charge >= 0.3 is 0 Å². The van der Waals surface area contributed by atoms with E-state index in [0.29, 0.717) is 0 Å². The van der Waals surface area contributed by atoms with Gasteiger partial charge in [0.05, 0.1) is 11.0 Å². The zero-order valence-electron chi connectivity index (χ0n) is 17.0. The topological polar surface area (TPSA) is 4.41 Å². The summed E-state index contributed by atoms with van der Waals surface area (Å²) < 4.78 is 2.33. The summed E-state index contributed by atoms with van der Waals surface area (Å²) in [5, 5.41) is 4.04. The number of para-hydroxylation sites is 1. The number of hydrogen-bond acceptors (Lipinski definition) is 0. The van der Waals surface area contributed by atoms with E-state index < -0.39 is 0 Å². The smallest absolute Gasteiger partial charge is 0.0535 e. The standard InChI is InChI=1S/C30H19N/c1-2-7-22-18(6-1)12-19-15-25-20(14-24(19)22)13-21-16-27-23-8-3-4-9-29(23)31-11-5-10-30(31)28(27)17-26(21)25/h1-11,14-17H,12-13H2. The van der Waals surface area contributed by atoms with Gasteiger partial charge in [-0.3, -0.25) is 0 Å². The molecule has 6 aromatic rings. The first-order chi connectivity index (χ1) is 15.3. The molecule has 8 rings (SSSR count). The largest absolute Gasteiger partial charge is 0.316 e. The second-order valence-electron chi connectivity index (χ2n) is 9.01. The Kier molecular flexibility index (Phi) is 2.80. The van der Waals surface area contributed by atoms with Crippen molar-refractivity contribution in [3.8, 4) is 22.3 Å². The van der Waals surface area contributed by atoms with Crippen molar-refractivity contribution in [3.63, 3.8) is 0 Å². The van der Waals surface area contributed by atoms with Crippen molar-refractivity contribution >= 4 is 27.2 Å². The summed E-state index contributed by atoms with van der Waals surface area (Å²) in [6, 6.07) is 31.9. The van der Waals surface area contributed by atoms with Crippen LogP contribution in [0.25, 0.3) is 49.4 Å². The third-order valence-corrected chi connectivity index (χ3v) is 7.41. The lowest BCUT2D eigenvalue weighted by atomic mass is 9.96. The minimum atomic E-state index is 1.02. The maximum Gasteiger partial charge on any atom is 0.0535 e. The van der Waals surface area contributed by atoms with Gasteiger partial charge in [0.2, 0.25) is 0 Å². The molecule has 0 atom stereocenters. The van der Waals surface area contributed by atoms with Crippen LogP contribution in [0, 0.1) is 0 Å². The summed E-state index contributed by atoms with van der Waals surface area (Å²) in [6.45, 7) is 0. The number of rotatable bonds is 0. The number of benzene rings is 4. The highest BCUT2D eigenvalue weighted by Gasteiger charge is 2.26. The van der Waals surface area contributed by atoms with Gasteiger partial charge < -0.3 is 4.40 Å². The summed E-state index contributed by atoms with van der Waals surface area (Å²) >= 11 is 0. The molecule has 0 radical (unpaired) electrons. The Labute approximate surface area is 180 Å². The van der Waals surface area contributed by atoms with Crippen molar-refractivity contribution in [1.29, 1.82) is 0 Å². The van der Waals surface area contributed by atoms with Crippen LogP contribution >= 0.6 is 0 Å². The third kappa shape index (κ3) is 1.96. The number of pyridine rings is 1. The predicted octanol–water partition coefficient (Wildman–Crippen LogP) is 7.39. The average Bonchev–Trinajstić information content (AvgIpc) is 3.51. The molecule has 0 N–H and O–H groups in total. The molecule has 0 saturated carbocycles. The number of nitrogens with zero attached hydrogens (tertiary/aromatic N) is 1. The molecule has 144 valence electrons. The molecular formula is C30H19N. The first kappa shape index (κ1) is 15.9. The quantitative estimate of drug-likeness (QED) is 0.237. The maximum absolute atomic E-state index is 2.47. The predicted molar refractivity (Wildman–Crippen MR) is 129 cm³/mol. The molecule has 0 unspecified atom stereocenters. The highest BCUT2D eigenvalue weighted by atomic mass is 14.9. The van der Waals surface area contributed by atoms with E-state index in [2.05, 4.69) is 95.5 Å². The molecule has 0 spiro atoms. The lowest BCUT2D eigenvalue weighted by Crippen LogP contribution is -1.91. The van der Waals surface area contributed by atoms with E-state index in [1.807, 2.05) is 0 Å². The minimum Gasteiger partial charge on any atom is -0.316 e. The average molecular weight is 393 g/mol. The van der Waals surface area contributed by atoms with Gasteiger partial charge in [0.25, 0.3) is 0 Å². The molecule has 1 nitrogen and oxygen atoms in total. The zero-order chi connectivity index (χ0) is 20.1. The minimum absolute atomic E-state index is 1.02. The Bertz CT molecular complexity index is 1730. The molecule has 2 heterocycles. The Morgan fingerprint density at radius 2 is 1.10 bits per heavy atom. The van der Waals surface area contributed by atoms with Crippen molar-refractivity contribution in [2.45, 2.75) is 12.8 Å². The summed E-state index contributed by atoms with van der Waals surface area (Å²) in [5.74, 6) is 0. The van der Waals surface area contributed by atoms with E-state index in [0.717, 1.165) is 12.8 Å². The van der Waals surface area contributed by atoms with Crippen LogP contribution in [0.4, 0.5) is 0 Å². The highest BCUT2D eigenvalue weighted by molar-refractivity contribution is 6.14. The Morgan fingerprint density at radius 1 is 0.452 bits per heavy atom. The molecule has 31 heavy (non-hydrogen) atoms. The van der Waals surface area contributed by atoms with Gasteiger partial charge in [-0.25, -0.2) is 0 Å². The second-order valence-corrected chi connectivity index (χ2v) is 9.01. The summed E-state index contributed by atoms with van der Waals surface area (Å²) in [5.41, 5.74) is 14.1. The van der Waals surface area contributed by atoms with Crippen molar-refractivity contribution in [2.24, 2.45) is 0 Å². The van der Waals surface area contributed by atoms with E-state index in [-0.39, 0.29) is 0 Å². The van der Waals surface area contributed by atoms with Gasteiger partial charge in [-0.1, -0.05) is 42.5 Å². The fraction of sp³-hybridized carbons (Fsp3) is 0.0667. The van der Waals surface area contributed by atoms with Gasteiger partial charge in [0, 0.05) is 17.0 Å². The summed E-state index contributed by atoms with van der Waals surface area (Å²) in [4.78, 5) is 0. The van der Waals surface area contributed by atoms with E-state index in [9.17, 15) is 0 Å². The van der Waals surface area contributed by atoms with Crippen LogP contribution in [0.2, 0.25) is 0 Å². The van der Waals surface area contributed by atoms with E-state index in [1.54, 1.807) is 0 Å². The summed E-state index contributed by atoms with van der Waals surface area (Å²) in [7, 11) is 0. The number of hydrogen-bond donors (Lipinski definition) is 0. The van der Waals surface area contributed by atoms with Crippen LogP contribution < -0.4 is 0 Å². The number of fused-ring (bicyclic) bond motifs is 12. The molecule has 0 amide bonds. The van der Waals surface area contributed by atoms with Crippen molar-refractivity contribution in [3.05, 3.63) is 113 Å². The third-order valence-electron chi connectivity index (χ3n) is 7.41. The molecule has 1 heteroatoms.